The summed E-state index contributed by atoms with van der Waals surface area (Å²) in [6.45, 7) is 7.25. The van der Waals surface area contributed by atoms with E-state index in [-0.39, 0.29) is 11.8 Å². The molecule has 0 saturated heterocycles. The number of anilines is 2. The van der Waals surface area contributed by atoms with Crippen molar-refractivity contribution in [2.75, 3.05) is 24.1 Å². The van der Waals surface area contributed by atoms with Crippen LogP contribution in [0.2, 0.25) is 0 Å². The molecule has 0 unspecified atom stereocenters. The Kier molecular flexibility index (Phi) is 6.12. The number of carbonyl (C=O) groups is 1. The molecule has 1 rings (SSSR count). The molecule has 0 aromatic carbocycles. The van der Waals surface area contributed by atoms with Gasteiger partial charge in [-0.15, -0.1) is 0 Å². The minimum atomic E-state index is 0.0556. The van der Waals surface area contributed by atoms with E-state index >= 15 is 0 Å². The van der Waals surface area contributed by atoms with Gasteiger partial charge >= 0.3 is 0 Å². The Bertz CT molecular complexity index is 418. The predicted octanol–water partition coefficient (Wildman–Crippen LogP) is 1.94. The van der Waals surface area contributed by atoms with Gasteiger partial charge in [0, 0.05) is 19.0 Å². The van der Waals surface area contributed by atoms with Crippen LogP contribution < -0.4 is 16.4 Å². The van der Waals surface area contributed by atoms with Crippen LogP contribution in [-0.2, 0) is 4.79 Å². The first-order chi connectivity index (χ1) is 9.00. The lowest BCUT2D eigenvalue weighted by Gasteiger charge is -2.09. The lowest BCUT2D eigenvalue weighted by Crippen LogP contribution is -2.28. The number of amides is 1. The number of nitrogens with zero attached hydrogens (tertiary/aromatic N) is 1. The van der Waals surface area contributed by atoms with E-state index in [1.807, 2.05) is 32.9 Å². The number of unbranched alkanes of at least 4 members (excludes halogenated alkanes) is 1. The number of nitrogens with two attached hydrogens (primary N) is 1. The average molecular weight is 264 g/mol. The lowest BCUT2D eigenvalue weighted by molar-refractivity contribution is -0.123. The summed E-state index contributed by atoms with van der Waals surface area (Å²) in [5, 5.41) is 6.14. The highest BCUT2D eigenvalue weighted by Crippen LogP contribution is 2.11. The van der Waals surface area contributed by atoms with Crippen LogP contribution in [0.3, 0.4) is 0 Å². The summed E-state index contributed by atoms with van der Waals surface area (Å²) in [5.74, 6) is 1.02. The fourth-order valence-electron chi connectivity index (χ4n) is 1.55. The number of aryl methyl sites for hydroxylation is 1. The number of aromatic nitrogens is 1. The van der Waals surface area contributed by atoms with Crippen molar-refractivity contribution in [2.24, 2.45) is 5.92 Å². The zero-order valence-electron chi connectivity index (χ0n) is 12.0. The molecule has 5 heteroatoms. The zero-order valence-corrected chi connectivity index (χ0v) is 12.0. The van der Waals surface area contributed by atoms with E-state index in [2.05, 4.69) is 15.6 Å². The van der Waals surface area contributed by atoms with Crippen LogP contribution in [0.25, 0.3) is 0 Å². The van der Waals surface area contributed by atoms with Crippen LogP contribution in [0.5, 0.6) is 0 Å². The average Bonchev–Trinajstić information content (AvgIpc) is 2.37. The van der Waals surface area contributed by atoms with Crippen molar-refractivity contribution in [3.05, 3.63) is 17.8 Å². The normalized spacial score (nSPS) is 10.5. The number of hydrogen-bond donors (Lipinski definition) is 3. The molecular formula is C14H24N4O. The van der Waals surface area contributed by atoms with Crippen molar-refractivity contribution in [2.45, 2.75) is 33.6 Å². The molecule has 1 aromatic heterocycles. The second-order valence-corrected chi connectivity index (χ2v) is 4.95. The Hall–Kier alpha value is -1.78. The maximum Gasteiger partial charge on any atom is 0.222 e. The second kappa shape index (κ2) is 7.61. The summed E-state index contributed by atoms with van der Waals surface area (Å²) < 4.78 is 0. The molecule has 0 aliphatic heterocycles. The van der Waals surface area contributed by atoms with Crippen LogP contribution in [-0.4, -0.2) is 24.0 Å². The Balaban J connectivity index is 2.14. The van der Waals surface area contributed by atoms with Crippen molar-refractivity contribution < 1.29 is 4.79 Å². The van der Waals surface area contributed by atoms with E-state index < -0.39 is 0 Å². The van der Waals surface area contributed by atoms with Crippen molar-refractivity contribution >= 4 is 17.4 Å². The van der Waals surface area contributed by atoms with Crippen LogP contribution in [0, 0.1) is 12.8 Å². The molecule has 0 spiro atoms. The Morgan fingerprint density at radius 2 is 2.00 bits per heavy atom. The highest BCUT2D eigenvalue weighted by Gasteiger charge is 2.04. The van der Waals surface area contributed by atoms with Crippen LogP contribution in [0.1, 0.15) is 32.4 Å². The van der Waals surface area contributed by atoms with Crippen molar-refractivity contribution in [3.8, 4) is 0 Å². The van der Waals surface area contributed by atoms with Gasteiger partial charge in [0.1, 0.15) is 5.82 Å². The fraction of sp³-hybridized carbons (Fsp3) is 0.571. The number of nitrogen functional groups attached to an aromatic ring is 1. The van der Waals surface area contributed by atoms with E-state index in [4.69, 9.17) is 5.73 Å². The molecule has 106 valence electrons. The first kappa shape index (κ1) is 15.3. The van der Waals surface area contributed by atoms with E-state index in [0.717, 1.165) is 37.4 Å². The predicted molar refractivity (Wildman–Crippen MR) is 79.0 cm³/mol. The molecule has 0 atom stereocenters. The van der Waals surface area contributed by atoms with E-state index in [0.29, 0.717) is 5.69 Å². The van der Waals surface area contributed by atoms with Gasteiger partial charge in [-0.2, -0.15) is 0 Å². The summed E-state index contributed by atoms with van der Waals surface area (Å²) in [6.07, 6.45) is 1.95. The molecule has 0 fully saturated rings. The van der Waals surface area contributed by atoms with Crippen molar-refractivity contribution in [1.29, 1.82) is 0 Å². The van der Waals surface area contributed by atoms with Gasteiger partial charge in [-0.1, -0.05) is 13.8 Å². The molecule has 0 aliphatic rings. The molecule has 0 bridgehead atoms. The Morgan fingerprint density at radius 1 is 1.32 bits per heavy atom. The van der Waals surface area contributed by atoms with Gasteiger partial charge in [-0.25, -0.2) is 4.98 Å². The highest BCUT2D eigenvalue weighted by molar-refractivity contribution is 5.77. The fourth-order valence-corrected chi connectivity index (χ4v) is 1.55. The zero-order chi connectivity index (χ0) is 14.3. The molecule has 4 N–H and O–H groups in total. The number of carbonyl (C=O) groups excluding carboxylic acids is 1. The maximum atomic E-state index is 11.3. The number of nitrogens with one attached hydrogen (secondary N) is 2. The molecular weight excluding hydrogens is 240 g/mol. The first-order valence-corrected chi connectivity index (χ1v) is 6.75. The largest absolute Gasteiger partial charge is 0.397 e. The van der Waals surface area contributed by atoms with Gasteiger partial charge in [-0.3, -0.25) is 4.79 Å². The monoisotopic (exact) mass is 264 g/mol. The van der Waals surface area contributed by atoms with Gasteiger partial charge in [-0.05, 0) is 31.9 Å². The van der Waals surface area contributed by atoms with E-state index in [1.165, 1.54) is 0 Å². The molecule has 0 saturated carbocycles. The van der Waals surface area contributed by atoms with Crippen molar-refractivity contribution in [1.82, 2.24) is 10.3 Å². The molecule has 0 aliphatic carbocycles. The topological polar surface area (TPSA) is 80.0 Å². The molecule has 5 nitrogen and oxygen atoms in total. The van der Waals surface area contributed by atoms with E-state index in [1.54, 1.807) is 0 Å². The highest BCUT2D eigenvalue weighted by atomic mass is 16.1. The minimum Gasteiger partial charge on any atom is -0.397 e. The summed E-state index contributed by atoms with van der Waals surface area (Å²) in [6, 6.07) is 3.73. The number of hydrogen-bond acceptors (Lipinski definition) is 4. The molecule has 0 radical (unpaired) electrons. The smallest absolute Gasteiger partial charge is 0.222 e. The van der Waals surface area contributed by atoms with Gasteiger partial charge in [0.25, 0.3) is 0 Å². The van der Waals surface area contributed by atoms with Gasteiger partial charge in [0.2, 0.25) is 5.91 Å². The Morgan fingerprint density at radius 3 is 2.63 bits per heavy atom. The quantitative estimate of drug-likeness (QED) is 0.657. The third kappa shape index (κ3) is 5.59. The first-order valence-electron chi connectivity index (χ1n) is 6.75. The molecule has 1 aromatic rings. The third-order valence-corrected chi connectivity index (χ3v) is 2.86. The van der Waals surface area contributed by atoms with Gasteiger partial charge in [0.05, 0.1) is 11.4 Å². The second-order valence-electron chi connectivity index (χ2n) is 4.95. The van der Waals surface area contributed by atoms with Gasteiger partial charge < -0.3 is 16.4 Å². The number of pyridine rings is 1. The van der Waals surface area contributed by atoms with Crippen LogP contribution in [0.4, 0.5) is 11.5 Å². The van der Waals surface area contributed by atoms with Crippen LogP contribution >= 0.6 is 0 Å². The van der Waals surface area contributed by atoms with Crippen LogP contribution in [0.15, 0.2) is 12.1 Å². The maximum absolute atomic E-state index is 11.3. The Labute approximate surface area is 115 Å². The summed E-state index contributed by atoms with van der Waals surface area (Å²) in [7, 11) is 0. The van der Waals surface area contributed by atoms with E-state index in [9.17, 15) is 4.79 Å². The third-order valence-electron chi connectivity index (χ3n) is 2.86. The lowest BCUT2D eigenvalue weighted by atomic mass is 10.2. The van der Waals surface area contributed by atoms with Gasteiger partial charge in [0.15, 0.2) is 0 Å². The molecule has 19 heavy (non-hydrogen) atoms. The number of rotatable bonds is 7. The SMILES string of the molecule is Cc1nc(NCCCCNC(=O)C(C)C)ccc1N. The van der Waals surface area contributed by atoms with Crippen molar-refractivity contribution in [3.63, 3.8) is 0 Å². The standard InChI is InChI=1S/C14H24N4O/c1-10(2)14(19)17-9-5-4-8-16-13-7-6-12(15)11(3)18-13/h6-7,10H,4-5,8-9,15H2,1-3H3,(H,16,18)(H,17,19). The molecule has 1 amide bonds. The summed E-state index contributed by atoms with van der Waals surface area (Å²) in [4.78, 5) is 15.7. The summed E-state index contributed by atoms with van der Waals surface area (Å²) in [5.41, 5.74) is 7.26. The minimum absolute atomic E-state index is 0.0556. The summed E-state index contributed by atoms with van der Waals surface area (Å²) >= 11 is 0. The molecule has 1 heterocycles.